The summed E-state index contributed by atoms with van der Waals surface area (Å²) in [6, 6.07) is 16.0. The summed E-state index contributed by atoms with van der Waals surface area (Å²) in [7, 11) is 0. The number of benzene rings is 2. The first-order valence-corrected chi connectivity index (χ1v) is 8.51. The molecule has 3 aromatic rings. The van der Waals surface area contributed by atoms with Gasteiger partial charge in [-0.25, -0.2) is 4.98 Å². The molecule has 24 heavy (non-hydrogen) atoms. The van der Waals surface area contributed by atoms with Gasteiger partial charge in [-0.05, 0) is 25.5 Å². The predicted octanol–water partition coefficient (Wildman–Crippen LogP) is 5.24. The normalized spacial score (nSPS) is 10.9. The Balaban J connectivity index is 1.68. The molecule has 0 aliphatic rings. The summed E-state index contributed by atoms with van der Waals surface area (Å²) in [5, 5.41) is 4.02. The van der Waals surface area contributed by atoms with Crippen molar-refractivity contribution in [1.29, 1.82) is 0 Å². The Morgan fingerprint density at radius 3 is 2.67 bits per heavy atom. The molecule has 0 radical (unpaired) electrons. The number of hydrogen-bond donors (Lipinski definition) is 1. The Morgan fingerprint density at radius 2 is 1.92 bits per heavy atom. The van der Waals surface area contributed by atoms with E-state index in [4.69, 9.17) is 0 Å². The number of ketones is 1. The molecule has 3 nitrogen and oxygen atoms in total. The van der Waals surface area contributed by atoms with Crippen LogP contribution in [0.25, 0.3) is 10.6 Å². The van der Waals surface area contributed by atoms with E-state index in [9.17, 15) is 4.79 Å². The third-order valence-electron chi connectivity index (χ3n) is 3.62. The minimum atomic E-state index is -0.0491. The van der Waals surface area contributed by atoms with Crippen LogP contribution in [-0.2, 0) is 0 Å². The summed E-state index contributed by atoms with van der Waals surface area (Å²) in [6.45, 7) is 4.10. The van der Waals surface area contributed by atoms with Crippen molar-refractivity contribution in [2.24, 2.45) is 0 Å². The van der Waals surface area contributed by atoms with E-state index in [-0.39, 0.29) is 5.78 Å². The highest BCUT2D eigenvalue weighted by Crippen LogP contribution is 2.25. The molecule has 2 aromatic carbocycles. The van der Waals surface area contributed by atoms with E-state index < -0.39 is 0 Å². The Hall–Kier alpha value is -2.72. The molecule has 0 atom stereocenters. The van der Waals surface area contributed by atoms with Crippen molar-refractivity contribution in [2.75, 3.05) is 5.32 Å². The quantitative estimate of drug-likeness (QED) is 0.513. The van der Waals surface area contributed by atoms with Gasteiger partial charge in [-0.2, -0.15) is 0 Å². The van der Waals surface area contributed by atoms with Gasteiger partial charge in [-0.15, -0.1) is 11.3 Å². The lowest BCUT2D eigenvalue weighted by Gasteiger charge is -2.05. The number of carbonyl (C=O) groups excluding carboxylic acids is 1. The lowest BCUT2D eigenvalue weighted by molar-refractivity contribution is 0.105. The Labute approximate surface area is 145 Å². The number of nitrogens with zero attached hydrogens (tertiary/aromatic N) is 1. The first kappa shape index (κ1) is 16.1. The molecule has 3 rings (SSSR count). The van der Waals surface area contributed by atoms with Crippen molar-refractivity contribution < 1.29 is 4.79 Å². The maximum atomic E-state index is 12.3. The van der Waals surface area contributed by atoms with E-state index in [1.165, 1.54) is 16.9 Å². The molecule has 4 heteroatoms. The molecular weight excluding hydrogens is 316 g/mol. The topological polar surface area (TPSA) is 42.0 Å². The van der Waals surface area contributed by atoms with Crippen LogP contribution in [0.15, 0.2) is 67.0 Å². The number of carbonyl (C=O) groups is 1. The van der Waals surface area contributed by atoms with E-state index in [0.717, 1.165) is 21.8 Å². The fraction of sp³-hybridized carbons (Fsp3) is 0.100. The smallest absolute Gasteiger partial charge is 0.198 e. The highest BCUT2D eigenvalue weighted by atomic mass is 32.1. The summed E-state index contributed by atoms with van der Waals surface area (Å²) < 4.78 is 0. The van der Waals surface area contributed by atoms with Crippen molar-refractivity contribution >= 4 is 22.8 Å². The summed E-state index contributed by atoms with van der Waals surface area (Å²) in [6.07, 6.45) is 4.86. The van der Waals surface area contributed by atoms with E-state index in [1.807, 2.05) is 49.4 Å². The van der Waals surface area contributed by atoms with E-state index in [2.05, 4.69) is 23.3 Å². The summed E-state index contributed by atoms with van der Waals surface area (Å²) in [5.74, 6) is -0.0491. The average molecular weight is 334 g/mol. The van der Waals surface area contributed by atoms with Gasteiger partial charge in [-0.3, -0.25) is 4.79 Å². The lowest BCUT2D eigenvalue weighted by atomic mass is 10.1. The molecule has 0 saturated heterocycles. The minimum absolute atomic E-state index is 0.0491. The van der Waals surface area contributed by atoms with Gasteiger partial charge < -0.3 is 5.32 Å². The molecular formula is C20H18N2OS. The van der Waals surface area contributed by atoms with Gasteiger partial charge in [0.2, 0.25) is 0 Å². The van der Waals surface area contributed by atoms with Crippen LogP contribution in [0.4, 0.5) is 5.69 Å². The standard InChI is InChI=1S/C20H18N2OS/c1-14-8-9-17(15(2)12-14)21-11-10-18(23)19-13-22-20(24-19)16-6-4-3-5-7-16/h3-13,21H,1-2H3. The lowest BCUT2D eigenvalue weighted by Crippen LogP contribution is -1.95. The van der Waals surface area contributed by atoms with Gasteiger partial charge in [-0.1, -0.05) is 48.0 Å². The first-order chi connectivity index (χ1) is 11.6. The second-order valence-electron chi connectivity index (χ2n) is 5.56. The zero-order chi connectivity index (χ0) is 16.9. The highest BCUT2D eigenvalue weighted by molar-refractivity contribution is 7.17. The first-order valence-electron chi connectivity index (χ1n) is 7.69. The van der Waals surface area contributed by atoms with Crippen molar-refractivity contribution in [3.05, 3.63) is 83.0 Å². The molecule has 0 spiro atoms. The van der Waals surface area contributed by atoms with Crippen LogP contribution in [0.1, 0.15) is 20.8 Å². The molecule has 0 aliphatic heterocycles. The molecule has 0 saturated carbocycles. The molecule has 120 valence electrons. The number of aromatic nitrogens is 1. The van der Waals surface area contributed by atoms with E-state index in [1.54, 1.807) is 18.5 Å². The number of allylic oxidation sites excluding steroid dienone is 1. The van der Waals surface area contributed by atoms with Gasteiger partial charge in [0.05, 0.1) is 4.88 Å². The SMILES string of the molecule is Cc1ccc(NC=CC(=O)c2cnc(-c3ccccc3)s2)c(C)c1. The number of anilines is 1. The zero-order valence-corrected chi connectivity index (χ0v) is 14.4. The number of hydrogen-bond acceptors (Lipinski definition) is 4. The van der Waals surface area contributed by atoms with Gasteiger partial charge in [0, 0.05) is 29.7 Å². The molecule has 1 N–H and O–H groups in total. The van der Waals surface area contributed by atoms with Gasteiger partial charge >= 0.3 is 0 Å². The maximum Gasteiger partial charge on any atom is 0.198 e. The third kappa shape index (κ3) is 3.78. The largest absolute Gasteiger partial charge is 0.361 e. The van der Waals surface area contributed by atoms with Crippen LogP contribution in [0.3, 0.4) is 0 Å². The van der Waals surface area contributed by atoms with Crippen molar-refractivity contribution in [3.8, 4) is 10.6 Å². The number of thiazole rings is 1. The molecule has 0 bridgehead atoms. The number of nitrogens with one attached hydrogen (secondary N) is 1. The molecule has 0 amide bonds. The van der Waals surface area contributed by atoms with Crippen LogP contribution in [0, 0.1) is 13.8 Å². The number of aryl methyl sites for hydroxylation is 2. The van der Waals surface area contributed by atoms with Gasteiger partial charge in [0.1, 0.15) is 5.01 Å². The summed E-state index contributed by atoms with van der Waals surface area (Å²) in [5.41, 5.74) is 4.39. The molecule has 0 unspecified atom stereocenters. The van der Waals surface area contributed by atoms with Crippen molar-refractivity contribution in [2.45, 2.75) is 13.8 Å². The highest BCUT2D eigenvalue weighted by Gasteiger charge is 2.09. The molecule has 0 fully saturated rings. The second-order valence-corrected chi connectivity index (χ2v) is 6.59. The van der Waals surface area contributed by atoms with Crippen molar-refractivity contribution in [3.63, 3.8) is 0 Å². The second kappa shape index (κ2) is 7.23. The molecule has 1 aromatic heterocycles. The molecule has 0 aliphatic carbocycles. The summed E-state index contributed by atoms with van der Waals surface area (Å²) in [4.78, 5) is 17.2. The fourth-order valence-corrected chi connectivity index (χ4v) is 3.21. The summed E-state index contributed by atoms with van der Waals surface area (Å²) >= 11 is 1.41. The minimum Gasteiger partial charge on any atom is -0.361 e. The van der Waals surface area contributed by atoms with Gasteiger partial charge in [0.15, 0.2) is 5.78 Å². The Bertz CT molecular complexity index is 882. The number of rotatable bonds is 5. The predicted molar refractivity (Wildman–Crippen MR) is 101 cm³/mol. The zero-order valence-electron chi connectivity index (χ0n) is 13.6. The fourth-order valence-electron chi connectivity index (χ4n) is 2.37. The van der Waals surface area contributed by atoms with E-state index in [0.29, 0.717) is 4.88 Å². The van der Waals surface area contributed by atoms with Crippen molar-refractivity contribution in [1.82, 2.24) is 4.98 Å². The Kier molecular flexibility index (Phi) is 4.87. The van der Waals surface area contributed by atoms with Crippen LogP contribution in [0.2, 0.25) is 0 Å². The Morgan fingerprint density at radius 1 is 1.12 bits per heavy atom. The van der Waals surface area contributed by atoms with Crippen LogP contribution in [-0.4, -0.2) is 10.8 Å². The average Bonchev–Trinajstić information content (AvgIpc) is 3.08. The van der Waals surface area contributed by atoms with Gasteiger partial charge in [0.25, 0.3) is 0 Å². The molecule has 1 heterocycles. The van der Waals surface area contributed by atoms with Crippen LogP contribution >= 0.6 is 11.3 Å². The van der Waals surface area contributed by atoms with Crippen LogP contribution < -0.4 is 5.32 Å². The van der Waals surface area contributed by atoms with E-state index >= 15 is 0 Å². The monoisotopic (exact) mass is 334 g/mol. The third-order valence-corrected chi connectivity index (χ3v) is 4.69. The maximum absolute atomic E-state index is 12.3. The van der Waals surface area contributed by atoms with Crippen LogP contribution in [0.5, 0.6) is 0 Å².